The Hall–Kier alpha value is -3.34. The van der Waals surface area contributed by atoms with Crippen molar-refractivity contribution in [2.75, 3.05) is 25.1 Å². The smallest absolute Gasteiger partial charge is 0.406 e. The highest BCUT2D eigenvalue weighted by molar-refractivity contribution is 5.97. The first-order chi connectivity index (χ1) is 16.2. The second kappa shape index (κ2) is 9.88. The van der Waals surface area contributed by atoms with Crippen LogP contribution < -0.4 is 15.4 Å². The zero-order chi connectivity index (χ0) is 24.3. The summed E-state index contributed by atoms with van der Waals surface area (Å²) in [5.74, 6) is -1.61. The Bertz CT molecular complexity index is 1100. The molecule has 1 aromatic carbocycles. The van der Waals surface area contributed by atoms with Gasteiger partial charge in [0.1, 0.15) is 5.75 Å². The van der Waals surface area contributed by atoms with Gasteiger partial charge in [0.2, 0.25) is 11.8 Å². The zero-order valence-electron chi connectivity index (χ0n) is 18.5. The molecule has 2 aliphatic rings. The third-order valence-electron chi connectivity index (χ3n) is 5.95. The molecule has 1 aromatic heterocycles. The summed E-state index contributed by atoms with van der Waals surface area (Å²) in [5.41, 5.74) is 2.20. The van der Waals surface area contributed by atoms with E-state index in [-0.39, 0.29) is 29.9 Å². The molecule has 1 unspecified atom stereocenters. The van der Waals surface area contributed by atoms with Crippen molar-refractivity contribution in [1.82, 2.24) is 15.1 Å². The zero-order valence-corrected chi connectivity index (χ0v) is 18.5. The molecule has 34 heavy (non-hydrogen) atoms. The Morgan fingerprint density at radius 2 is 2.18 bits per heavy atom. The molecule has 2 aliphatic heterocycles. The van der Waals surface area contributed by atoms with Crippen LogP contribution in [0.1, 0.15) is 19.8 Å². The standard InChI is InChI=1S/C23H25F3N4O4/c1-14-18(13-27-21(14)31)22(32)28-20-12-19(16-3-2-4-17(11-16)34-23(24,25)26)30(29-20)8-5-15-6-9-33-10-7-15/h2-4,6,11-12,14,18H,5,7-10,13H2,1H3,(H,27,31)(H,28,29,32)/t14?,18-/m0/s1. The number of carbonyl (C=O) groups is 2. The molecule has 8 nitrogen and oxygen atoms in total. The fraction of sp³-hybridized carbons (Fsp3) is 0.435. The lowest BCUT2D eigenvalue weighted by Gasteiger charge is -2.15. The maximum absolute atomic E-state index is 12.7. The van der Waals surface area contributed by atoms with Crippen LogP contribution >= 0.6 is 0 Å². The molecule has 0 saturated carbocycles. The summed E-state index contributed by atoms with van der Waals surface area (Å²) >= 11 is 0. The Kier molecular flexibility index (Phi) is 6.92. The van der Waals surface area contributed by atoms with E-state index < -0.39 is 18.2 Å². The summed E-state index contributed by atoms with van der Waals surface area (Å²) in [7, 11) is 0. The number of carbonyl (C=O) groups excluding carboxylic acids is 2. The average molecular weight is 478 g/mol. The Morgan fingerprint density at radius 1 is 1.35 bits per heavy atom. The second-order valence-electron chi connectivity index (χ2n) is 8.28. The molecule has 0 aliphatic carbocycles. The summed E-state index contributed by atoms with van der Waals surface area (Å²) in [4.78, 5) is 24.5. The van der Waals surface area contributed by atoms with E-state index in [0.717, 1.165) is 6.42 Å². The number of hydrogen-bond donors (Lipinski definition) is 2. The first-order valence-corrected chi connectivity index (χ1v) is 11.0. The van der Waals surface area contributed by atoms with Gasteiger partial charge in [-0.25, -0.2) is 0 Å². The first kappa shape index (κ1) is 23.8. The van der Waals surface area contributed by atoms with Crippen LogP contribution in [0.15, 0.2) is 42.0 Å². The average Bonchev–Trinajstić information content (AvgIpc) is 3.35. The Labute approximate surface area is 194 Å². The van der Waals surface area contributed by atoms with E-state index in [0.29, 0.717) is 37.4 Å². The van der Waals surface area contributed by atoms with Gasteiger partial charge in [-0.3, -0.25) is 14.3 Å². The van der Waals surface area contributed by atoms with Crippen LogP contribution in [-0.4, -0.2) is 47.7 Å². The lowest BCUT2D eigenvalue weighted by atomic mass is 9.97. The van der Waals surface area contributed by atoms with Gasteiger partial charge in [-0.2, -0.15) is 5.10 Å². The molecule has 0 spiro atoms. The van der Waals surface area contributed by atoms with Crippen molar-refractivity contribution in [3.05, 3.63) is 42.0 Å². The Balaban J connectivity index is 1.59. The fourth-order valence-corrected chi connectivity index (χ4v) is 4.04. The number of amides is 2. The second-order valence-corrected chi connectivity index (χ2v) is 8.28. The summed E-state index contributed by atoms with van der Waals surface area (Å²) in [6.45, 7) is 3.58. The highest BCUT2D eigenvalue weighted by Crippen LogP contribution is 2.30. The van der Waals surface area contributed by atoms with Crippen LogP contribution in [-0.2, 0) is 20.9 Å². The number of aryl methyl sites for hydroxylation is 1. The molecular weight excluding hydrogens is 453 g/mol. The molecule has 0 bridgehead atoms. The number of hydrogen-bond acceptors (Lipinski definition) is 5. The van der Waals surface area contributed by atoms with Gasteiger partial charge in [-0.05, 0) is 25.0 Å². The van der Waals surface area contributed by atoms with Crippen LogP contribution in [0, 0.1) is 11.8 Å². The minimum absolute atomic E-state index is 0.183. The van der Waals surface area contributed by atoms with Crippen molar-refractivity contribution in [1.29, 1.82) is 0 Å². The number of ether oxygens (including phenoxy) is 2. The molecule has 3 heterocycles. The minimum Gasteiger partial charge on any atom is -0.406 e. The number of aromatic nitrogens is 2. The molecule has 11 heteroatoms. The first-order valence-electron chi connectivity index (χ1n) is 11.0. The van der Waals surface area contributed by atoms with E-state index in [1.165, 1.54) is 23.8 Å². The van der Waals surface area contributed by atoms with E-state index in [2.05, 4.69) is 20.5 Å². The predicted molar refractivity (Wildman–Crippen MR) is 117 cm³/mol. The lowest BCUT2D eigenvalue weighted by Crippen LogP contribution is -2.28. The maximum Gasteiger partial charge on any atom is 0.573 e. The monoisotopic (exact) mass is 478 g/mol. The lowest BCUT2D eigenvalue weighted by molar-refractivity contribution is -0.274. The van der Waals surface area contributed by atoms with Gasteiger partial charge < -0.3 is 20.1 Å². The number of rotatable bonds is 7. The van der Waals surface area contributed by atoms with Gasteiger partial charge in [-0.15, -0.1) is 13.2 Å². The summed E-state index contributed by atoms with van der Waals surface area (Å²) in [6, 6.07) is 7.22. The minimum atomic E-state index is -4.81. The summed E-state index contributed by atoms with van der Waals surface area (Å²) in [5, 5.41) is 9.90. The number of halogens is 3. The van der Waals surface area contributed by atoms with E-state index in [1.807, 2.05) is 6.08 Å². The molecule has 182 valence electrons. The number of anilines is 1. The fourth-order valence-electron chi connectivity index (χ4n) is 4.04. The van der Waals surface area contributed by atoms with Gasteiger partial charge in [0.15, 0.2) is 5.82 Å². The number of benzene rings is 1. The normalized spacial score (nSPS) is 20.6. The van der Waals surface area contributed by atoms with Crippen LogP contribution in [0.5, 0.6) is 5.75 Å². The number of nitrogens with zero attached hydrogens (tertiary/aromatic N) is 2. The van der Waals surface area contributed by atoms with Crippen molar-refractivity contribution in [3.63, 3.8) is 0 Å². The van der Waals surface area contributed by atoms with Crippen LogP contribution in [0.3, 0.4) is 0 Å². The summed E-state index contributed by atoms with van der Waals surface area (Å²) in [6.07, 6.45) is -1.31. The third kappa shape index (κ3) is 5.77. The van der Waals surface area contributed by atoms with Crippen molar-refractivity contribution >= 4 is 17.6 Å². The molecule has 2 aromatic rings. The molecule has 1 fully saturated rings. The SMILES string of the molecule is CC1C(=O)NC[C@@H]1C(=O)Nc1cc(-c2cccc(OC(F)(F)F)c2)n(CCC2=CCOCC2)n1. The largest absolute Gasteiger partial charge is 0.573 e. The van der Waals surface area contributed by atoms with E-state index in [1.54, 1.807) is 23.7 Å². The van der Waals surface area contributed by atoms with Gasteiger partial charge in [-0.1, -0.05) is 30.7 Å². The molecule has 0 radical (unpaired) electrons. The quantitative estimate of drug-likeness (QED) is 0.594. The molecule has 2 N–H and O–H groups in total. The highest BCUT2D eigenvalue weighted by atomic mass is 19.4. The molecule has 1 saturated heterocycles. The highest BCUT2D eigenvalue weighted by Gasteiger charge is 2.36. The van der Waals surface area contributed by atoms with Crippen molar-refractivity contribution < 1.29 is 32.2 Å². The number of alkyl halides is 3. The van der Waals surface area contributed by atoms with Crippen molar-refractivity contribution in [2.45, 2.75) is 32.7 Å². The predicted octanol–water partition coefficient (Wildman–Crippen LogP) is 3.51. The van der Waals surface area contributed by atoms with E-state index in [9.17, 15) is 22.8 Å². The van der Waals surface area contributed by atoms with Crippen LogP contribution in [0.25, 0.3) is 11.3 Å². The van der Waals surface area contributed by atoms with Crippen molar-refractivity contribution in [3.8, 4) is 17.0 Å². The van der Waals surface area contributed by atoms with Gasteiger partial charge in [0.05, 0.1) is 24.8 Å². The molecule has 2 amide bonds. The Morgan fingerprint density at radius 3 is 2.85 bits per heavy atom. The topological polar surface area (TPSA) is 94.5 Å². The molecule has 2 atom stereocenters. The molecular formula is C23H25F3N4O4. The van der Waals surface area contributed by atoms with Crippen LogP contribution in [0.4, 0.5) is 19.0 Å². The molecule has 4 rings (SSSR count). The third-order valence-corrected chi connectivity index (χ3v) is 5.95. The van der Waals surface area contributed by atoms with Gasteiger partial charge >= 0.3 is 6.36 Å². The summed E-state index contributed by atoms with van der Waals surface area (Å²) < 4.78 is 49.2. The van der Waals surface area contributed by atoms with Crippen molar-refractivity contribution in [2.24, 2.45) is 11.8 Å². The maximum atomic E-state index is 12.7. The van der Waals surface area contributed by atoms with Crippen LogP contribution in [0.2, 0.25) is 0 Å². The van der Waals surface area contributed by atoms with E-state index in [4.69, 9.17) is 4.74 Å². The van der Waals surface area contributed by atoms with Gasteiger partial charge in [0.25, 0.3) is 0 Å². The van der Waals surface area contributed by atoms with E-state index >= 15 is 0 Å². The number of nitrogens with one attached hydrogen (secondary N) is 2. The van der Waals surface area contributed by atoms with Gasteiger partial charge in [0, 0.05) is 30.6 Å².